The van der Waals surface area contributed by atoms with E-state index in [0.717, 1.165) is 31.6 Å². The van der Waals surface area contributed by atoms with Crippen LogP contribution in [0.15, 0.2) is 28.9 Å². The maximum atomic E-state index is 13.7. The van der Waals surface area contributed by atoms with Crippen LogP contribution in [-0.2, 0) is 6.61 Å². The summed E-state index contributed by atoms with van der Waals surface area (Å²) in [4.78, 5) is 26.5. The number of carbonyl (C=O) groups excluding carboxylic acids is 1. The number of nitrogens with zero attached hydrogens (tertiary/aromatic N) is 6. The molecule has 1 amide bonds. The Bertz CT molecular complexity index is 1390. The van der Waals surface area contributed by atoms with Crippen molar-refractivity contribution in [1.29, 1.82) is 0 Å². The summed E-state index contributed by atoms with van der Waals surface area (Å²) in [6.45, 7) is 3.44. The van der Waals surface area contributed by atoms with Gasteiger partial charge in [0.15, 0.2) is 5.69 Å². The highest BCUT2D eigenvalue weighted by atomic mass is 19.3. The molecule has 4 heterocycles. The zero-order valence-electron chi connectivity index (χ0n) is 22.3. The zero-order valence-corrected chi connectivity index (χ0v) is 22.3. The molecule has 1 saturated carbocycles. The van der Waals surface area contributed by atoms with E-state index in [1.54, 1.807) is 30.0 Å². The Hall–Kier alpha value is -3.87. The average molecular weight is 555 g/mol. The maximum Gasteiger partial charge on any atom is 0.258 e. The van der Waals surface area contributed by atoms with Crippen LogP contribution in [0.3, 0.4) is 0 Å². The lowest BCUT2D eigenvalue weighted by molar-refractivity contribution is -0.0222. The van der Waals surface area contributed by atoms with Crippen molar-refractivity contribution in [3.05, 3.63) is 41.2 Å². The highest BCUT2D eigenvalue weighted by Crippen LogP contribution is 2.54. The fourth-order valence-corrected chi connectivity index (χ4v) is 5.48. The second-order valence-electron chi connectivity index (χ2n) is 11.1. The number of aromatic nitrogens is 4. The van der Waals surface area contributed by atoms with Gasteiger partial charge in [-0.1, -0.05) is 5.16 Å². The molecule has 2 saturated heterocycles. The van der Waals surface area contributed by atoms with Crippen molar-refractivity contribution < 1.29 is 23.3 Å². The summed E-state index contributed by atoms with van der Waals surface area (Å²) in [5, 5.41) is 23.0. The second-order valence-corrected chi connectivity index (χ2v) is 11.1. The first kappa shape index (κ1) is 26.4. The molecule has 0 unspecified atom stereocenters. The summed E-state index contributed by atoms with van der Waals surface area (Å²) in [7, 11) is 0. The maximum absolute atomic E-state index is 13.7. The van der Waals surface area contributed by atoms with Gasteiger partial charge < -0.3 is 25.5 Å². The third kappa shape index (κ3) is 5.55. The lowest BCUT2D eigenvalue weighted by Gasteiger charge is -2.35. The molecule has 6 rings (SSSR count). The molecule has 2 aromatic heterocycles. The number of alkyl halides is 2. The van der Waals surface area contributed by atoms with Crippen molar-refractivity contribution in [1.82, 2.24) is 20.3 Å². The first-order valence-electron chi connectivity index (χ1n) is 13.6. The molecule has 0 bridgehead atoms. The summed E-state index contributed by atoms with van der Waals surface area (Å²) in [6.07, 6.45) is 4.19. The number of amides is 1. The van der Waals surface area contributed by atoms with E-state index in [4.69, 9.17) is 4.63 Å². The molecular weight excluding hydrogens is 522 g/mol. The lowest BCUT2D eigenvalue weighted by atomic mass is 9.93. The largest absolute Gasteiger partial charge is 0.390 e. The van der Waals surface area contributed by atoms with Crippen LogP contribution in [0.4, 0.5) is 37.7 Å². The van der Waals surface area contributed by atoms with Gasteiger partial charge in [-0.05, 0) is 61.4 Å². The Morgan fingerprint density at radius 1 is 1.00 bits per heavy atom. The molecule has 0 atom stereocenters. The van der Waals surface area contributed by atoms with Gasteiger partial charge in [0.25, 0.3) is 11.8 Å². The highest BCUT2D eigenvalue weighted by molar-refractivity contribution is 6.08. The van der Waals surface area contributed by atoms with Crippen LogP contribution in [-0.4, -0.2) is 63.4 Å². The van der Waals surface area contributed by atoms with E-state index in [-0.39, 0.29) is 44.1 Å². The molecule has 1 aromatic carbocycles. The molecule has 3 fully saturated rings. The molecule has 11 nitrogen and oxygen atoms in total. The SMILES string of the molecule is Cc1cc(NC(=O)c2ccc(Nc3nonc3CO)cc2N2CCC3(CC2)CC3)nc(N2CCC(F)(F)CC2)n1. The molecular formula is C27H32F2N8O3. The van der Waals surface area contributed by atoms with Gasteiger partial charge in [0.05, 0.1) is 17.9 Å². The fraction of sp³-hybridized carbons (Fsp3) is 0.519. The van der Waals surface area contributed by atoms with Crippen LogP contribution in [0.1, 0.15) is 60.3 Å². The number of aliphatic hydroxyl groups is 1. The number of rotatable bonds is 7. The number of benzene rings is 1. The zero-order chi connectivity index (χ0) is 27.9. The molecule has 1 spiro atoms. The Labute approximate surface area is 229 Å². The third-order valence-electron chi connectivity index (χ3n) is 8.20. The highest BCUT2D eigenvalue weighted by Gasteiger charge is 2.44. The van der Waals surface area contributed by atoms with Crippen LogP contribution in [0.5, 0.6) is 0 Å². The van der Waals surface area contributed by atoms with E-state index < -0.39 is 5.92 Å². The number of anilines is 5. The van der Waals surface area contributed by atoms with E-state index in [1.807, 2.05) is 6.07 Å². The van der Waals surface area contributed by atoms with Crippen molar-refractivity contribution in [3.63, 3.8) is 0 Å². The fourth-order valence-electron chi connectivity index (χ4n) is 5.48. The predicted octanol–water partition coefficient (Wildman–Crippen LogP) is 4.27. The number of aryl methyl sites for hydroxylation is 1. The molecule has 212 valence electrons. The van der Waals surface area contributed by atoms with E-state index in [0.29, 0.717) is 39.9 Å². The minimum absolute atomic E-state index is 0.151. The van der Waals surface area contributed by atoms with Crippen molar-refractivity contribution in [2.45, 2.75) is 58.0 Å². The molecule has 3 aliphatic rings. The number of aliphatic hydroxyl groups excluding tert-OH is 1. The van der Waals surface area contributed by atoms with E-state index in [9.17, 15) is 18.7 Å². The van der Waals surface area contributed by atoms with Crippen molar-refractivity contribution >= 4 is 34.9 Å². The van der Waals surface area contributed by atoms with Gasteiger partial charge in [0.2, 0.25) is 11.8 Å². The molecule has 1 aliphatic carbocycles. The summed E-state index contributed by atoms with van der Waals surface area (Å²) < 4.78 is 32.1. The number of hydrogen-bond acceptors (Lipinski definition) is 10. The van der Waals surface area contributed by atoms with Gasteiger partial charge in [0, 0.05) is 56.5 Å². The molecule has 0 radical (unpaired) electrons. The number of hydrogen-bond donors (Lipinski definition) is 3. The first-order chi connectivity index (χ1) is 19.2. The number of halogens is 2. The number of piperidine rings is 2. The minimum Gasteiger partial charge on any atom is -0.390 e. The van der Waals surface area contributed by atoms with Gasteiger partial charge in [-0.25, -0.2) is 18.4 Å². The summed E-state index contributed by atoms with van der Waals surface area (Å²) in [5.41, 5.74) is 3.29. The average Bonchev–Trinajstić information content (AvgIpc) is 3.53. The van der Waals surface area contributed by atoms with E-state index in [1.165, 1.54) is 12.8 Å². The van der Waals surface area contributed by atoms with Crippen LogP contribution in [0, 0.1) is 12.3 Å². The molecule has 13 heteroatoms. The van der Waals surface area contributed by atoms with Crippen LogP contribution in [0.2, 0.25) is 0 Å². The topological polar surface area (TPSA) is 133 Å². The smallest absolute Gasteiger partial charge is 0.258 e. The molecule has 3 aromatic rings. The standard InChI is InChI=1S/C27H32F2N8O3/c1-17-14-22(33-25(30-17)37-12-8-27(28,29)9-13-37)32-24(39)19-3-2-18(31-23-20(16-38)34-40-35-23)15-21(19)36-10-6-26(4-5-26)7-11-36/h2-3,14-15,38H,4-13,16H2,1H3,(H,31,35)(H,30,32,33,39). The quantitative estimate of drug-likeness (QED) is 0.389. The third-order valence-corrected chi connectivity index (χ3v) is 8.20. The Balaban J connectivity index is 1.25. The van der Waals surface area contributed by atoms with Gasteiger partial charge in [-0.3, -0.25) is 4.79 Å². The summed E-state index contributed by atoms with van der Waals surface area (Å²) >= 11 is 0. The Kier molecular flexibility index (Phi) is 6.77. The van der Waals surface area contributed by atoms with E-state index >= 15 is 0 Å². The molecule has 3 N–H and O–H groups in total. The van der Waals surface area contributed by atoms with Crippen molar-refractivity contribution in [2.75, 3.05) is 46.6 Å². The van der Waals surface area contributed by atoms with Gasteiger partial charge in [-0.2, -0.15) is 4.98 Å². The van der Waals surface area contributed by atoms with Gasteiger partial charge in [0.1, 0.15) is 5.82 Å². The first-order valence-corrected chi connectivity index (χ1v) is 13.6. The van der Waals surface area contributed by atoms with Crippen LogP contribution < -0.4 is 20.4 Å². The Morgan fingerprint density at radius 2 is 1.73 bits per heavy atom. The predicted molar refractivity (Wildman–Crippen MR) is 144 cm³/mol. The summed E-state index contributed by atoms with van der Waals surface area (Å²) in [6, 6.07) is 7.05. The Morgan fingerprint density at radius 3 is 2.42 bits per heavy atom. The minimum atomic E-state index is -2.67. The molecule has 40 heavy (non-hydrogen) atoms. The number of nitrogens with one attached hydrogen (secondary N) is 2. The van der Waals surface area contributed by atoms with Crippen molar-refractivity contribution in [3.8, 4) is 0 Å². The molecule has 2 aliphatic heterocycles. The number of carbonyl (C=O) groups is 1. The van der Waals surface area contributed by atoms with Crippen molar-refractivity contribution in [2.24, 2.45) is 5.41 Å². The normalized spacial score (nSPS) is 19.5. The van der Waals surface area contributed by atoms with Gasteiger partial charge in [-0.15, -0.1) is 0 Å². The van der Waals surface area contributed by atoms with Crippen LogP contribution >= 0.6 is 0 Å². The van der Waals surface area contributed by atoms with Gasteiger partial charge >= 0.3 is 0 Å². The monoisotopic (exact) mass is 554 g/mol. The summed E-state index contributed by atoms with van der Waals surface area (Å²) in [5.74, 6) is -2.05. The van der Waals surface area contributed by atoms with Crippen LogP contribution in [0.25, 0.3) is 0 Å². The lowest BCUT2D eigenvalue weighted by Crippen LogP contribution is -2.40. The second kappa shape index (κ2) is 10.3. The van der Waals surface area contributed by atoms with E-state index in [2.05, 4.69) is 35.8 Å².